The SMILES string of the molecule is CC/C=C\C/C=C\C/C=C\C/C=C\C/C=C\CCCCCC(=O)OCC(COC1OC(C(=O)O)C(O)C(O)C1O)OC(=O)CCCCCCCCCCC/C=C\CCCCCCCCCC. The minimum absolute atomic E-state index is 0.170. The molecule has 0 aliphatic carbocycles. The number of hydrogen-bond donors (Lipinski definition) is 4. The number of carbonyl (C=O) groups excluding carboxylic acids is 2. The van der Waals surface area contributed by atoms with Crippen molar-refractivity contribution in [2.24, 2.45) is 0 Å². The molecule has 1 heterocycles. The Morgan fingerprint density at radius 3 is 1.38 bits per heavy atom. The fourth-order valence-corrected chi connectivity index (χ4v) is 7.49. The zero-order chi connectivity index (χ0) is 48.1. The molecule has 0 aromatic rings. The monoisotopic (exact) mass is 929 g/mol. The van der Waals surface area contributed by atoms with Gasteiger partial charge >= 0.3 is 17.9 Å². The summed E-state index contributed by atoms with van der Waals surface area (Å²) in [7, 11) is 0. The van der Waals surface area contributed by atoms with Gasteiger partial charge in [-0.25, -0.2) is 4.79 Å². The minimum atomic E-state index is -1.87. The predicted octanol–water partition coefficient (Wildman–Crippen LogP) is 12.4. The third-order valence-electron chi connectivity index (χ3n) is 11.5. The number of ether oxygens (including phenoxy) is 4. The maximum atomic E-state index is 12.8. The summed E-state index contributed by atoms with van der Waals surface area (Å²) in [5.41, 5.74) is 0. The molecule has 0 aromatic heterocycles. The molecular weight excluding hydrogens is 837 g/mol. The zero-order valence-electron chi connectivity index (χ0n) is 41.2. The highest BCUT2D eigenvalue weighted by atomic mass is 16.7. The molecule has 11 nitrogen and oxygen atoms in total. The molecule has 6 atom stereocenters. The number of aliphatic hydroxyl groups excluding tert-OH is 3. The van der Waals surface area contributed by atoms with Crippen molar-refractivity contribution in [2.45, 2.75) is 243 Å². The normalized spacial score (nSPS) is 19.7. The fraction of sp³-hybridized carbons (Fsp3) is 0.727. The van der Waals surface area contributed by atoms with Crippen LogP contribution in [0.1, 0.15) is 206 Å². The second-order valence-electron chi connectivity index (χ2n) is 17.6. The summed E-state index contributed by atoms with van der Waals surface area (Å²) in [5.74, 6) is -2.49. The highest BCUT2D eigenvalue weighted by Gasteiger charge is 2.47. The molecule has 1 fully saturated rings. The number of allylic oxidation sites excluding steroid dienone is 12. The topological polar surface area (TPSA) is 169 Å². The Labute approximate surface area is 399 Å². The molecule has 0 spiro atoms. The lowest BCUT2D eigenvalue weighted by Gasteiger charge is -2.38. The molecule has 0 saturated carbocycles. The van der Waals surface area contributed by atoms with Crippen LogP contribution in [0.15, 0.2) is 72.9 Å². The van der Waals surface area contributed by atoms with Crippen molar-refractivity contribution < 1.29 is 53.8 Å². The number of unbranched alkanes of at least 4 members (excludes halogenated alkanes) is 20. The summed E-state index contributed by atoms with van der Waals surface area (Å²) in [6.07, 6.45) is 48.1. The number of carboxylic acid groups (broad SMARTS) is 1. The van der Waals surface area contributed by atoms with E-state index in [0.717, 1.165) is 70.6 Å². The van der Waals surface area contributed by atoms with E-state index in [9.17, 15) is 34.8 Å². The average molecular weight is 929 g/mol. The first-order valence-corrected chi connectivity index (χ1v) is 26.0. The molecule has 6 unspecified atom stereocenters. The summed E-state index contributed by atoms with van der Waals surface area (Å²) in [5, 5.41) is 40.0. The lowest BCUT2D eigenvalue weighted by molar-refractivity contribution is -0.298. The van der Waals surface area contributed by atoms with Crippen LogP contribution in [0.4, 0.5) is 0 Å². The molecule has 66 heavy (non-hydrogen) atoms. The first-order valence-electron chi connectivity index (χ1n) is 26.0. The Kier molecular flexibility index (Phi) is 40.6. The van der Waals surface area contributed by atoms with Crippen LogP contribution in [0.3, 0.4) is 0 Å². The van der Waals surface area contributed by atoms with E-state index in [4.69, 9.17) is 18.9 Å². The van der Waals surface area contributed by atoms with Gasteiger partial charge in [-0.3, -0.25) is 9.59 Å². The van der Waals surface area contributed by atoms with E-state index in [0.29, 0.717) is 12.8 Å². The molecule has 1 aliphatic heterocycles. The van der Waals surface area contributed by atoms with Gasteiger partial charge in [-0.1, -0.05) is 183 Å². The number of aliphatic hydroxyl groups is 3. The van der Waals surface area contributed by atoms with Gasteiger partial charge < -0.3 is 39.4 Å². The molecule has 1 aliphatic rings. The highest BCUT2D eigenvalue weighted by molar-refractivity contribution is 5.73. The predicted molar refractivity (Wildman–Crippen MR) is 266 cm³/mol. The summed E-state index contributed by atoms with van der Waals surface area (Å²) in [6, 6.07) is 0. The lowest BCUT2D eigenvalue weighted by Crippen LogP contribution is -2.60. The third-order valence-corrected chi connectivity index (χ3v) is 11.5. The van der Waals surface area contributed by atoms with Crippen LogP contribution >= 0.6 is 0 Å². The van der Waals surface area contributed by atoms with E-state index in [-0.39, 0.29) is 19.4 Å². The van der Waals surface area contributed by atoms with Crippen LogP contribution < -0.4 is 0 Å². The summed E-state index contributed by atoms with van der Waals surface area (Å²) < 4.78 is 21.8. The van der Waals surface area contributed by atoms with Gasteiger partial charge in [0, 0.05) is 12.8 Å². The van der Waals surface area contributed by atoms with Gasteiger partial charge in [-0.15, -0.1) is 0 Å². The summed E-state index contributed by atoms with van der Waals surface area (Å²) >= 11 is 0. The lowest BCUT2D eigenvalue weighted by atomic mass is 9.99. The second kappa shape index (κ2) is 44.2. The van der Waals surface area contributed by atoms with E-state index < -0.39 is 61.3 Å². The number of carbonyl (C=O) groups is 3. The molecule has 0 radical (unpaired) electrons. The molecule has 0 bridgehead atoms. The van der Waals surface area contributed by atoms with Crippen molar-refractivity contribution in [3.63, 3.8) is 0 Å². The van der Waals surface area contributed by atoms with Gasteiger partial charge in [-0.05, 0) is 83.5 Å². The first kappa shape index (κ1) is 60.7. The maximum absolute atomic E-state index is 12.8. The van der Waals surface area contributed by atoms with Crippen molar-refractivity contribution in [1.29, 1.82) is 0 Å². The van der Waals surface area contributed by atoms with Crippen molar-refractivity contribution in [3.8, 4) is 0 Å². The quantitative estimate of drug-likeness (QED) is 0.0261. The zero-order valence-corrected chi connectivity index (χ0v) is 41.2. The van der Waals surface area contributed by atoms with Gasteiger partial charge in [0.25, 0.3) is 0 Å². The number of hydrogen-bond acceptors (Lipinski definition) is 10. The van der Waals surface area contributed by atoms with Crippen LogP contribution in [0.5, 0.6) is 0 Å². The van der Waals surface area contributed by atoms with Gasteiger partial charge in [0.15, 0.2) is 18.5 Å². The van der Waals surface area contributed by atoms with E-state index in [1.807, 2.05) is 0 Å². The van der Waals surface area contributed by atoms with Crippen molar-refractivity contribution in [3.05, 3.63) is 72.9 Å². The Bertz CT molecular complexity index is 1370. The molecule has 378 valence electrons. The van der Waals surface area contributed by atoms with Gasteiger partial charge in [0.2, 0.25) is 0 Å². The number of rotatable bonds is 43. The van der Waals surface area contributed by atoms with E-state index in [2.05, 4.69) is 86.8 Å². The Morgan fingerprint density at radius 2 is 0.894 bits per heavy atom. The van der Waals surface area contributed by atoms with E-state index >= 15 is 0 Å². The second-order valence-corrected chi connectivity index (χ2v) is 17.6. The van der Waals surface area contributed by atoms with Crippen LogP contribution in [0, 0.1) is 0 Å². The summed E-state index contributed by atoms with van der Waals surface area (Å²) in [4.78, 5) is 37.0. The van der Waals surface area contributed by atoms with Gasteiger partial charge in [0.05, 0.1) is 6.61 Å². The number of carboxylic acids is 1. The molecule has 0 amide bonds. The van der Waals surface area contributed by atoms with Crippen LogP contribution in [0.25, 0.3) is 0 Å². The summed E-state index contributed by atoms with van der Waals surface area (Å²) in [6.45, 7) is 3.69. The average Bonchev–Trinajstić information content (AvgIpc) is 3.30. The van der Waals surface area contributed by atoms with Crippen LogP contribution in [-0.2, 0) is 33.3 Å². The minimum Gasteiger partial charge on any atom is -0.479 e. The highest BCUT2D eigenvalue weighted by Crippen LogP contribution is 2.23. The van der Waals surface area contributed by atoms with E-state index in [1.54, 1.807) is 0 Å². The van der Waals surface area contributed by atoms with Crippen molar-refractivity contribution in [2.75, 3.05) is 13.2 Å². The standard InChI is InChI=1S/C55H92O11/c1-3-5-7-9-11-13-15-17-19-21-23-24-26-28-30-32-34-36-38-40-42-44-49(57)65-47(46-64-55-52(60)50(58)51(59)53(66-55)54(61)62)45-63-48(56)43-41-39-37-35-33-31-29-27-25-22-20-18-16-14-12-10-8-6-4-2/h6,8,12,14,18,20-21,23,25,27,31,33,47,50-53,55,58-60H,3-5,7,9-11,13,15-17,19,22,24,26,28-30,32,34-46H2,1-2H3,(H,61,62)/b8-6-,14-12-,20-18-,23-21-,27-25-,33-31-. The van der Waals surface area contributed by atoms with Crippen molar-refractivity contribution in [1.82, 2.24) is 0 Å². The molecular formula is C55H92O11. The molecule has 1 rings (SSSR count). The molecule has 1 saturated heterocycles. The Balaban J connectivity index is 2.33. The largest absolute Gasteiger partial charge is 0.479 e. The fourth-order valence-electron chi connectivity index (χ4n) is 7.49. The Hall–Kier alpha value is -3.35. The molecule has 4 N–H and O–H groups in total. The van der Waals surface area contributed by atoms with Gasteiger partial charge in [0.1, 0.15) is 24.9 Å². The van der Waals surface area contributed by atoms with E-state index in [1.165, 1.54) is 96.3 Å². The Morgan fingerprint density at radius 1 is 0.485 bits per heavy atom. The third kappa shape index (κ3) is 34.9. The molecule has 0 aromatic carbocycles. The maximum Gasteiger partial charge on any atom is 0.335 e. The number of aliphatic carboxylic acids is 1. The smallest absolute Gasteiger partial charge is 0.335 e. The molecule has 11 heteroatoms. The van der Waals surface area contributed by atoms with Crippen LogP contribution in [-0.4, -0.2) is 88.4 Å². The van der Waals surface area contributed by atoms with Gasteiger partial charge in [-0.2, -0.15) is 0 Å². The van der Waals surface area contributed by atoms with Crippen molar-refractivity contribution >= 4 is 17.9 Å². The number of esters is 2. The van der Waals surface area contributed by atoms with Crippen LogP contribution in [0.2, 0.25) is 0 Å². The first-order chi connectivity index (χ1) is 32.2.